The van der Waals surface area contributed by atoms with Crippen molar-refractivity contribution in [1.82, 2.24) is 34.6 Å². The van der Waals surface area contributed by atoms with E-state index in [0.29, 0.717) is 58.2 Å². The largest absolute Gasteiger partial charge is 0.487 e. The average molecular weight is 536 g/mol. The van der Waals surface area contributed by atoms with Crippen LogP contribution in [0.3, 0.4) is 0 Å². The predicted octanol–water partition coefficient (Wildman–Crippen LogP) is 3.42. The second-order valence-electron chi connectivity index (χ2n) is 11.3. The summed E-state index contributed by atoms with van der Waals surface area (Å²) in [6.07, 6.45) is 7.00. The fourth-order valence-electron chi connectivity index (χ4n) is 6.57. The molecule has 1 saturated heterocycles. The van der Waals surface area contributed by atoms with Gasteiger partial charge in [0.1, 0.15) is 23.1 Å². The maximum atomic E-state index is 13.5. The number of hydrogen-bond donors (Lipinski definition) is 2. The lowest BCUT2D eigenvalue weighted by Crippen LogP contribution is -2.33. The van der Waals surface area contributed by atoms with Crippen molar-refractivity contribution in [2.75, 3.05) is 13.1 Å². The molecule has 0 saturated carbocycles. The summed E-state index contributed by atoms with van der Waals surface area (Å²) < 4.78 is 8.30. The molecule has 202 valence electrons. The lowest BCUT2D eigenvalue weighted by molar-refractivity contribution is 0.195. The molecular formula is C30H29N7O3. The van der Waals surface area contributed by atoms with Crippen LogP contribution in [-0.4, -0.2) is 59.9 Å². The lowest BCUT2D eigenvalue weighted by atomic mass is 9.97. The molecule has 10 nitrogen and oxygen atoms in total. The van der Waals surface area contributed by atoms with E-state index in [0.717, 1.165) is 43.5 Å². The molecule has 6 bridgehead atoms. The summed E-state index contributed by atoms with van der Waals surface area (Å²) in [7, 11) is 0. The Balaban J connectivity index is 1.36. The van der Waals surface area contributed by atoms with Crippen LogP contribution in [-0.2, 0) is 19.4 Å². The van der Waals surface area contributed by atoms with Crippen LogP contribution in [0.4, 0.5) is 0 Å². The summed E-state index contributed by atoms with van der Waals surface area (Å²) in [6, 6.07) is 9.55. The van der Waals surface area contributed by atoms with E-state index in [1.54, 1.807) is 16.8 Å². The second kappa shape index (κ2) is 8.85. The van der Waals surface area contributed by atoms with E-state index in [1.807, 2.05) is 24.4 Å². The number of benzene rings is 2. The Bertz CT molecular complexity index is 1940. The summed E-state index contributed by atoms with van der Waals surface area (Å²) >= 11 is 0. The van der Waals surface area contributed by atoms with E-state index in [9.17, 15) is 9.59 Å². The zero-order valence-electron chi connectivity index (χ0n) is 22.2. The Kier molecular flexibility index (Phi) is 5.22. The van der Waals surface area contributed by atoms with Gasteiger partial charge in [-0.15, -0.1) is 0 Å². The van der Waals surface area contributed by atoms with Crippen LogP contribution in [0.5, 0.6) is 5.75 Å². The molecule has 0 spiro atoms. The number of aryl methyl sites for hydroxylation is 2. The number of para-hydroxylation sites is 1. The van der Waals surface area contributed by atoms with E-state index >= 15 is 0 Å². The van der Waals surface area contributed by atoms with Crippen molar-refractivity contribution in [3.8, 4) is 28.4 Å². The summed E-state index contributed by atoms with van der Waals surface area (Å²) in [5.74, 6) is 1.22. The van der Waals surface area contributed by atoms with E-state index in [4.69, 9.17) is 14.7 Å². The molecule has 10 heteroatoms. The number of hydrogen-bond acceptors (Lipinski definition) is 7. The molecule has 8 rings (SSSR count). The molecule has 2 N–H and O–H groups in total. The maximum Gasteiger partial charge on any atom is 0.275 e. The third kappa shape index (κ3) is 3.70. The third-order valence-electron chi connectivity index (χ3n) is 8.70. The fourth-order valence-corrected chi connectivity index (χ4v) is 6.57. The first-order chi connectivity index (χ1) is 19.5. The number of fused-ring (bicyclic) bond motifs is 6. The van der Waals surface area contributed by atoms with Crippen LogP contribution in [0.15, 0.2) is 46.1 Å². The van der Waals surface area contributed by atoms with Crippen molar-refractivity contribution in [3.63, 3.8) is 0 Å². The normalized spacial score (nSPS) is 22.0. The molecule has 5 heterocycles. The van der Waals surface area contributed by atoms with Gasteiger partial charge < -0.3 is 9.72 Å². The average Bonchev–Trinajstić information content (AvgIpc) is 3.48. The van der Waals surface area contributed by atoms with Gasteiger partial charge in [0.2, 0.25) is 0 Å². The van der Waals surface area contributed by atoms with Gasteiger partial charge in [-0.05, 0) is 56.4 Å². The van der Waals surface area contributed by atoms with Gasteiger partial charge in [0.25, 0.3) is 11.1 Å². The summed E-state index contributed by atoms with van der Waals surface area (Å²) in [5.41, 5.74) is 5.23. The van der Waals surface area contributed by atoms with Crippen molar-refractivity contribution < 1.29 is 4.74 Å². The van der Waals surface area contributed by atoms with Crippen molar-refractivity contribution in [1.29, 1.82) is 0 Å². The number of aromatic amines is 2. The zero-order valence-corrected chi connectivity index (χ0v) is 22.2. The van der Waals surface area contributed by atoms with Gasteiger partial charge in [-0.3, -0.25) is 24.3 Å². The SMILES string of the molecule is C[C@@H]1CC2CN1CCn1[nH]c3c(cccc3c1=O)-c1nc3c(cc(-c4ncc5c(n4)CCCC5)cc3[nH]c1=O)O2. The van der Waals surface area contributed by atoms with Crippen molar-refractivity contribution in [2.24, 2.45) is 0 Å². The molecule has 0 radical (unpaired) electrons. The Morgan fingerprint density at radius 2 is 1.98 bits per heavy atom. The standard InChI is InChI=1S/C30H29N7O3/c1-16-11-19-15-36(16)9-10-37-30(39)21-7-4-6-20(25(21)35-37)26-29(38)33-23-12-18(13-24(40-19)27(23)34-26)28-31-14-17-5-2-3-8-22(17)32-28/h4,6-7,12-14,16,19,35H,2-3,5,8-11,15H2,1H3,(H,33,38)/t16-,19?/m1/s1. The molecule has 2 aromatic carbocycles. The van der Waals surface area contributed by atoms with E-state index in [1.165, 1.54) is 12.0 Å². The first-order valence-corrected chi connectivity index (χ1v) is 14.1. The van der Waals surface area contributed by atoms with Gasteiger partial charge in [-0.1, -0.05) is 12.1 Å². The van der Waals surface area contributed by atoms with E-state index in [-0.39, 0.29) is 22.9 Å². The molecule has 2 unspecified atom stereocenters. The minimum Gasteiger partial charge on any atom is -0.487 e. The van der Waals surface area contributed by atoms with Gasteiger partial charge in [0, 0.05) is 48.6 Å². The Hall–Kier alpha value is -4.31. The second-order valence-corrected chi connectivity index (χ2v) is 11.3. The number of ether oxygens (including phenoxy) is 1. The topological polar surface area (TPSA) is 122 Å². The van der Waals surface area contributed by atoms with Crippen molar-refractivity contribution in [2.45, 2.75) is 57.7 Å². The van der Waals surface area contributed by atoms with Gasteiger partial charge in [0.05, 0.1) is 23.0 Å². The molecule has 3 atom stereocenters. The summed E-state index contributed by atoms with van der Waals surface area (Å²) in [6.45, 7) is 4.16. The third-order valence-corrected chi connectivity index (χ3v) is 8.70. The first kappa shape index (κ1) is 23.6. The number of nitrogens with zero attached hydrogens (tertiary/aromatic N) is 5. The number of aromatic nitrogens is 6. The van der Waals surface area contributed by atoms with Crippen LogP contribution >= 0.6 is 0 Å². The summed E-state index contributed by atoms with van der Waals surface area (Å²) in [5, 5.41) is 3.80. The molecule has 5 aromatic rings. The lowest BCUT2D eigenvalue weighted by Gasteiger charge is -2.21. The molecule has 1 fully saturated rings. The van der Waals surface area contributed by atoms with Crippen LogP contribution in [0.1, 0.15) is 37.4 Å². The maximum absolute atomic E-state index is 13.5. The monoisotopic (exact) mass is 535 g/mol. The molecule has 40 heavy (non-hydrogen) atoms. The quantitative estimate of drug-likeness (QED) is 0.337. The Morgan fingerprint density at radius 1 is 1.07 bits per heavy atom. The molecule has 0 amide bonds. The first-order valence-electron chi connectivity index (χ1n) is 14.1. The van der Waals surface area contributed by atoms with E-state index < -0.39 is 0 Å². The fraction of sp³-hybridized carbons (Fsp3) is 0.367. The Labute approximate surface area is 229 Å². The molecule has 1 aliphatic carbocycles. The number of rotatable bonds is 1. The van der Waals surface area contributed by atoms with Gasteiger partial charge >= 0.3 is 0 Å². The highest BCUT2D eigenvalue weighted by Crippen LogP contribution is 2.34. The minimum atomic E-state index is -0.337. The highest BCUT2D eigenvalue weighted by atomic mass is 16.5. The minimum absolute atomic E-state index is 0.0585. The van der Waals surface area contributed by atoms with Crippen molar-refractivity contribution in [3.05, 3.63) is 68.5 Å². The summed E-state index contributed by atoms with van der Waals surface area (Å²) in [4.78, 5) is 46.6. The predicted molar refractivity (Wildman–Crippen MR) is 152 cm³/mol. The smallest absolute Gasteiger partial charge is 0.275 e. The highest BCUT2D eigenvalue weighted by Gasteiger charge is 2.31. The molecule has 2 aliphatic heterocycles. The number of H-pyrrole nitrogens is 2. The van der Waals surface area contributed by atoms with Crippen LogP contribution < -0.4 is 15.9 Å². The van der Waals surface area contributed by atoms with Crippen molar-refractivity contribution >= 4 is 21.9 Å². The highest BCUT2D eigenvalue weighted by molar-refractivity contribution is 5.94. The molecule has 3 aliphatic rings. The van der Waals surface area contributed by atoms with Crippen LogP contribution in [0.2, 0.25) is 0 Å². The Morgan fingerprint density at radius 3 is 2.90 bits per heavy atom. The van der Waals surface area contributed by atoms with Crippen LogP contribution in [0.25, 0.3) is 44.6 Å². The zero-order chi connectivity index (χ0) is 27.0. The van der Waals surface area contributed by atoms with E-state index in [2.05, 4.69) is 26.9 Å². The van der Waals surface area contributed by atoms with Crippen LogP contribution in [0, 0.1) is 0 Å². The van der Waals surface area contributed by atoms with Gasteiger partial charge in [0.15, 0.2) is 5.82 Å². The number of nitrogens with one attached hydrogen (secondary N) is 2. The van der Waals surface area contributed by atoms with Gasteiger partial charge in [-0.2, -0.15) is 0 Å². The van der Waals surface area contributed by atoms with Gasteiger partial charge in [-0.25, -0.2) is 15.0 Å². The molecule has 3 aromatic heterocycles. The molecular weight excluding hydrogens is 506 g/mol.